The first-order chi connectivity index (χ1) is 12.8. The van der Waals surface area contributed by atoms with E-state index in [1.165, 1.54) is 17.6 Å². The van der Waals surface area contributed by atoms with Crippen molar-refractivity contribution >= 4 is 28.0 Å². The van der Waals surface area contributed by atoms with Crippen molar-refractivity contribution in [3.63, 3.8) is 0 Å². The van der Waals surface area contributed by atoms with E-state index in [2.05, 4.69) is 9.36 Å². The fourth-order valence-corrected chi connectivity index (χ4v) is 3.81. The van der Waals surface area contributed by atoms with Gasteiger partial charge in [-0.1, -0.05) is 6.92 Å². The summed E-state index contributed by atoms with van der Waals surface area (Å²) >= 11 is 1.29. The predicted molar refractivity (Wildman–Crippen MR) is 96.4 cm³/mol. The highest BCUT2D eigenvalue weighted by Crippen LogP contribution is 2.39. The fourth-order valence-electron chi connectivity index (χ4n) is 3.01. The quantitative estimate of drug-likeness (QED) is 0.574. The number of nitro groups is 1. The summed E-state index contributed by atoms with van der Waals surface area (Å²) in [5.74, 6) is 0.755. The topological polar surface area (TPSA) is 75.4 Å². The van der Waals surface area contributed by atoms with Crippen molar-refractivity contribution in [3.8, 4) is 0 Å². The van der Waals surface area contributed by atoms with Crippen LogP contribution in [-0.4, -0.2) is 40.5 Å². The summed E-state index contributed by atoms with van der Waals surface area (Å²) in [6.45, 7) is 3.93. The lowest BCUT2D eigenvalue weighted by Gasteiger charge is -2.26. The molecule has 0 N–H and O–H groups in total. The van der Waals surface area contributed by atoms with Crippen molar-refractivity contribution in [2.45, 2.75) is 25.9 Å². The number of rotatable bonds is 4. The summed E-state index contributed by atoms with van der Waals surface area (Å²) in [5, 5.41) is 11.6. The number of hydrogen-bond acceptors (Lipinski definition) is 7. The molecule has 0 atom stereocenters. The van der Waals surface area contributed by atoms with Gasteiger partial charge in [0.2, 0.25) is 5.13 Å². The number of aromatic nitrogens is 2. The van der Waals surface area contributed by atoms with Gasteiger partial charge in [-0.05, 0) is 12.5 Å². The van der Waals surface area contributed by atoms with Crippen LogP contribution in [0.15, 0.2) is 18.2 Å². The summed E-state index contributed by atoms with van der Waals surface area (Å²) in [5.41, 5.74) is -1.57. The molecule has 7 nitrogen and oxygen atoms in total. The molecule has 0 aliphatic carbocycles. The molecule has 1 saturated heterocycles. The lowest BCUT2D eigenvalue weighted by Crippen LogP contribution is -2.31. The number of hydrogen-bond donors (Lipinski definition) is 0. The zero-order chi connectivity index (χ0) is 19.6. The molecule has 0 saturated carbocycles. The van der Waals surface area contributed by atoms with Crippen LogP contribution in [-0.2, 0) is 12.6 Å². The fraction of sp³-hybridized carbons (Fsp3) is 0.500. The van der Waals surface area contributed by atoms with Crippen LogP contribution in [0.4, 0.5) is 29.7 Å². The maximum absolute atomic E-state index is 13.5. The Labute approximate surface area is 157 Å². The first-order valence-corrected chi connectivity index (χ1v) is 9.25. The van der Waals surface area contributed by atoms with Gasteiger partial charge in [-0.15, -0.1) is 0 Å². The molecule has 0 amide bonds. The SMILES string of the molecule is CCc1nsc(N2CCCN(c3ccc([N+](=O)[O-])cc3C(F)(F)F)CC2)n1. The highest BCUT2D eigenvalue weighted by Gasteiger charge is 2.37. The van der Waals surface area contributed by atoms with Crippen molar-refractivity contribution in [1.29, 1.82) is 0 Å². The van der Waals surface area contributed by atoms with Gasteiger partial charge in [-0.3, -0.25) is 10.1 Å². The number of anilines is 2. The van der Waals surface area contributed by atoms with E-state index in [0.717, 1.165) is 23.4 Å². The zero-order valence-electron chi connectivity index (χ0n) is 14.6. The first kappa shape index (κ1) is 19.3. The second kappa shape index (κ2) is 7.67. The highest BCUT2D eigenvalue weighted by molar-refractivity contribution is 7.09. The summed E-state index contributed by atoms with van der Waals surface area (Å²) in [4.78, 5) is 18.1. The van der Waals surface area contributed by atoms with Crippen molar-refractivity contribution in [2.24, 2.45) is 0 Å². The minimum Gasteiger partial charge on any atom is -0.369 e. The van der Waals surface area contributed by atoms with Crippen LogP contribution in [0.3, 0.4) is 0 Å². The molecule has 0 radical (unpaired) electrons. The lowest BCUT2D eigenvalue weighted by molar-refractivity contribution is -0.385. The second-order valence-electron chi connectivity index (χ2n) is 6.13. The molecule has 1 aliphatic heterocycles. The van der Waals surface area contributed by atoms with Crippen molar-refractivity contribution in [1.82, 2.24) is 9.36 Å². The first-order valence-electron chi connectivity index (χ1n) is 8.47. The van der Waals surface area contributed by atoms with Gasteiger partial charge in [-0.2, -0.15) is 17.5 Å². The van der Waals surface area contributed by atoms with E-state index in [0.29, 0.717) is 38.7 Å². The van der Waals surface area contributed by atoms with Gasteiger partial charge in [0.15, 0.2) is 0 Å². The maximum atomic E-state index is 13.5. The third kappa shape index (κ3) is 4.29. The van der Waals surface area contributed by atoms with Gasteiger partial charge in [0, 0.05) is 62.0 Å². The normalized spacial score (nSPS) is 15.7. The Bertz CT molecular complexity index is 827. The standard InChI is InChI=1S/C16H18F3N5O2S/c1-2-14-20-15(27-21-14)23-7-3-6-22(8-9-23)13-5-4-11(24(25)26)10-12(13)16(17,18)19/h4-5,10H,2-3,6-9H2,1H3. The zero-order valence-corrected chi connectivity index (χ0v) is 15.4. The summed E-state index contributed by atoms with van der Waals surface area (Å²) in [6.07, 6.45) is -3.29. The Morgan fingerprint density at radius 1 is 1.22 bits per heavy atom. The lowest BCUT2D eigenvalue weighted by atomic mass is 10.1. The Morgan fingerprint density at radius 3 is 2.56 bits per heavy atom. The largest absolute Gasteiger partial charge is 0.418 e. The smallest absolute Gasteiger partial charge is 0.369 e. The van der Waals surface area contributed by atoms with Crippen LogP contribution in [0.25, 0.3) is 0 Å². The molecule has 0 bridgehead atoms. The maximum Gasteiger partial charge on any atom is 0.418 e. The van der Waals surface area contributed by atoms with E-state index in [1.807, 2.05) is 11.8 Å². The molecule has 1 aromatic carbocycles. The van der Waals surface area contributed by atoms with E-state index in [4.69, 9.17) is 0 Å². The Kier molecular flexibility index (Phi) is 5.49. The number of nitrogens with zero attached hydrogens (tertiary/aromatic N) is 5. The number of non-ortho nitro benzene ring substituents is 1. The number of nitro benzene ring substituents is 1. The molecule has 27 heavy (non-hydrogen) atoms. The number of halogens is 3. The van der Waals surface area contributed by atoms with Gasteiger partial charge in [-0.25, -0.2) is 4.98 Å². The molecule has 2 heterocycles. The van der Waals surface area contributed by atoms with Crippen LogP contribution in [0.1, 0.15) is 24.7 Å². The molecule has 1 fully saturated rings. The summed E-state index contributed by atoms with van der Waals surface area (Å²) in [7, 11) is 0. The average molecular weight is 401 g/mol. The Hall–Kier alpha value is -2.43. The third-order valence-corrected chi connectivity index (χ3v) is 5.19. The van der Waals surface area contributed by atoms with Crippen LogP contribution in [0, 0.1) is 10.1 Å². The molecule has 0 spiro atoms. The van der Waals surface area contributed by atoms with E-state index < -0.39 is 22.4 Å². The van der Waals surface area contributed by atoms with Gasteiger partial charge in [0.25, 0.3) is 5.69 Å². The minimum absolute atomic E-state index is 0.0264. The van der Waals surface area contributed by atoms with Crippen LogP contribution in [0.5, 0.6) is 0 Å². The van der Waals surface area contributed by atoms with Gasteiger partial charge in [0.1, 0.15) is 5.82 Å². The second-order valence-corrected chi connectivity index (χ2v) is 6.86. The molecule has 2 aromatic rings. The van der Waals surface area contributed by atoms with Gasteiger partial charge in [0.05, 0.1) is 10.5 Å². The van der Waals surface area contributed by atoms with Crippen molar-refractivity contribution < 1.29 is 18.1 Å². The molecule has 1 aliphatic rings. The van der Waals surface area contributed by atoms with E-state index in [9.17, 15) is 23.3 Å². The van der Waals surface area contributed by atoms with Crippen molar-refractivity contribution in [2.75, 3.05) is 36.0 Å². The number of benzene rings is 1. The molecule has 11 heteroatoms. The van der Waals surface area contributed by atoms with E-state index >= 15 is 0 Å². The van der Waals surface area contributed by atoms with Gasteiger partial charge >= 0.3 is 6.18 Å². The molecule has 0 unspecified atom stereocenters. The van der Waals surface area contributed by atoms with Crippen molar-refractivity contribution in [3.05, 3.63) is 39.7 Å². The molecule has 146 valence electrons. The monoisotopic (exact) mass is 401 g/mol. The Morgan fingerprint density at radius 2 is 1.93 bits per heavy atom. The molecular weight excluding hydrogens is 383 g/mol. The third-order valence-electron chi connectivity index (χ3n) is 4.38. The van der Waals surface area contributed by atoms with Crippen LogP contribution >= 0.6 is 11.5 Å². The Balaban J connectivity index is 1.83. The van der Waals surface area contributed by atoms with Crippen LogP contribution < -0.4 is 9.80 Å². The molecular formula is C16H18F3N5O2S. The summed E-state index contributed by atoms with van der Waals surface area (Å²) in [6, 6.07) is 2.92. The minimum atomic E-state index is -4.66. The van der Waals surface area contributed by atoms with E-state index in [-0.39, 0.29) is 5.69 Å². The number of alkyl halides is 3. The molecule has 3 rings (SSSR count). The average Bonchev–Trinajstić information content (AvgIpc) is 2.97. The van der Waals surface area contributed by atoms with E-state index in [1.54, 1.807) is 4.90 Å². The number of aryl methyl sites for hydroxylation is 1. The van der Waals surface area contributed by atoms with Crippen LogP contribution in [0.2, 0.25) is 0 Å². The predicted octanol–water partition coefficient (Wildman–Crippen LogP) is 3.74. The molecule has 1 aromatic heterocycles. The summed E-state index contributed by atoms with van der Waals surface area (Å²) < 4.78 is 44.6. The highest BCUT2D eigenvalue weighted by atomic mass is 32.1. The van der Waals surface area contributed by atoms with Gasteiger partial charge < -0.3 is 9.80 Å².